The van der Waals surface area contributed by atoms with Crippen molar-refractivity contribution < 1.29 is 9.15 Å². The van der Waals surface area contributed by atoms with Gasteiger partial charge in [0.15, 0.2) is 0 Å². The van der Waals surface area contributed by atoms with E-state index in [4.69, 9.17) is 32.4 Å². The number of halogens is 2. The Morgan fingerprint density at radius 2 is 1.90 bits per heavy atom. The van der Waals surface area contributed by atoms with Crippen LogP contribution in [-0.4, -0.2) is 14.2 Å². The molecule has 3 nitrogen and oxygen atoms in total. The Morgan fingerprint density at radius 1 is 1.10 bits per heavy atom. The molecule has 0 saturated carbocycles. The van der Waals surface area contributed by atoms with E-state index in [1.165, 1.54) is 0 Å². The van der Waals surface area contributed by atoms with E-state index in [-0.39, 0.29) is 0 Å². The number of rotatable bonds is 3. The van der Waals surface area contributed by atoms with E-state index >= 15 is 0 Å². The van der Waals surface area contributed by atoms with Crippen molar-refractivity contribution in [3.05, 3.63) is 52.7 Å². The molecule has 0 bridgehead atoms. The summed E-state index contributed by atoms with van der Waals surface area (Å²) in [5.74, 6) is 1.40. The van der Waals surface area contributed by atoms with Gasteiger partial charge in [-0.3, -0.25) is 0 Å². The number of hydrogen-bond donors (Lipinski definition) is 0. The van der Waals surface area contributed by atoms with Gasteiger partial charge < -0.3 is 14.1 Å². The molecule has 3 aromatic rings. The topological polar surface area (TPSA) is 25.6 Å². The van der Waals surface area contributed by atoms with Crippen LogP contribution in [0.3, 0.4) is 0 Å². The molecule has 0 unspecified atom stereocenters. The van der Waals surface area contributed by atoms with Crippen LogP contribution in [0.25, 0.3) is 10.8 Å². The lowest BCUT2D eigenvalue weighted by atomic mass is 10.2. The Morgan fingerprint density at radius 3 is 2.67 bits per heavy atom. The molecule has 1 heterocycles. The first kappa shape index (κ1) is 14.1. The average molecular weight is 322 g/mol. The second kappa shape index (κ2) is 5.51. The summed E-state index contributed by atoms with van der Waals surface area (Å²) >= 11 is 12.3. The summed E-state index contributed by atoms with van der Waals surface area (Å²) < 4.78 is 11.1. The summed E-state index contributed by atoms with van der Waals surface area (Å²) in [6, 6.07) is 11.1. The summed E-state index contributed by atoms with van der Waals surface area (Å²) in [6.45, 7) is 0. The van der Waals surface area contributed by atoms with Crippen LogP contribution in [0.2, 0.25) is 10.0 Å². The van der Waals surface area contributed by atoms with Gasteiger partial charge in [-0.1, -0.05) is 29.3 Å². The zero-order valence-electron chi connectivity index (χ0n) is 11.6. The van der Waals surface area contributed by atoms with Gasteiger partial charge in [-0.15, -0.1) is 0 Å². The van der Waals surface area contributed by atoms with Crippen LogP contribution in [0, 0.1) is 0 Å². The molecular formula is C16H13Cl2NO2. The highest BCUT2D eigenvalue weighted by Gasteiger charge is 2.17. The molecule has 5 heteroatoms. The van der Waals surface area contributed by atoms with Gasteiger partial charge in [-0.25, -0.2) is 0 Å². The fourth-order valence-electron chi connectivity index (χ4n) is 2.32. The van der Waals surface area contributed by atoms with Gasteiger partial charge in [0.05, 0.1) is 17.8 Å². The molecular weight excluding hydrogens is 309 g/mol. The second-order valence-electron chi connectivity index (χ2n) is 4.62. The van der Waals surface area contributed by atoms with E-state index in [0.29, 0.717) is 21.7 Å². The van der Waals surface area contributed by atoms with E-state index in [0.717, 1.165) is 16.5 Å². The second-order valence-corrected chi connectivity index (χ2v) is 5.46. The van der Waals surface area contributed by atoms with Crippen molar-refractivity contribution in [3.63, 3.8) is 0 Å². The molecule has 0 aliphatic rings. The molecule has 21 heavy (non-hydrogen) atoms. The summed E-state index contributed by atoms with van der Waals surface area (Å²) in [4.78, 5) is 1.89. The SMILES string of the molecule is COc1ccc(Cl)cc1N(C)c1occ2c(Cl)cccc12. The third kappa shape index (κ3) is 2.43. The Kier molecular flexibility index (Phi) is 3.70. The number of furan rings is 1. The van der Waals surface area contributed by atoms with Crippen molar-refractivity contribution in [2.45, 2.75) is 0 Å². The van der Waals surface area contributed by atoms with Crippen molar-refractivity contribution in [1.29, 1.82) is 0 Å². The standard InChI is InChI=1S/C16H13Cl2NO2/c1-19(14-8-10(17)6-7-15(14)20-2)16-11-4-3-5-13(18)12(11)9-21-16/h3-9H,1-2H3. The lowest BCUT2D eigenvalue weighted by Gasteiger charge is -2.20. The number of fused-ring (bicyclic) bond motifs is 1. The fourth-order valence-corrected chi connectivity index (χ4v) is 2.70. The van der Waals surface area contributed by atoms with Crippen LogP contribution in [0.15, 0.2) is 47.1 Å². The van der Waals surface area contributed by atoms with Crippen LogP contribution in [0.5, 0.6) is 5.75 Å². The van der Waals surface area contributed by atoms with E-state index in [9.17, 15) is 0 Å². The van der Waals surface area contributed by atoms with E-state index < -0.39 is 0 Å². The number of benzene rings is 2. The Labute approximate surface area is 132 Å². The maximum Gasteiger partial charge on any atom is 0.207 e. The molecule has 0 N–H and O–H groups in total. The van der Waals surface area contributed by atoms with Gasteiger partial charge in [0, 0.05) is 22.8 Å². The largest absolute Gasteiger partial charge is 0.495 e. The van der Waals surface area contributed by atoms with Crippen LogP contribution >= 0.6 is 23.2 Å². The van der Waals surface area contributed by atoms with Crippen molar-refractivity contribution in [2.24, 2.45) is 0 Å². The maximum atomic E-state index is 6.18. The Hall–Kier alpha value is -1.84. The molecule has 0 aliphatic carbocycles. The monoisotopic (exact) mass is 321 g/mol. The minimum Gasteiger partial charge on any atom is -0.495 e. The first-order valence-corrected chi connectivity index (χ1v) is 7.10. The van der Waals surface area contributed by atoms with Gasteiger partial charge in [0.25, 0.3) is 0 Å². The van der Waals surface area contributed by atoms with Crippen LogP contribution < -0.4 is 9.64 Å². The average Bonchev–Trinajstić information content (AvgIpc) is 2.92. The lowest BCUT2D eigenvalue weighted by Crippen LogP contribution is -2.10. The van der Waals surface area contributed by atoms with Crippen LogP contribution in [0.1, 0.15) is 0 Å². The van der Waals surface area contributed by atoms with Crippen LogP contribution in [0.4, 0.5) is 11.6 Å². The van der Waals surface area contributed by atoms with Crippen molar-refractivity contribution in [3.8, 4) is 5.75 Å². The number of ether oxygens (including phenoxy) is 1. The number of anilines is 2. The molecule has 0 radical (unpaired) electrons. The Bertz CT molecular complexity index is 798. The molecule has 0 atom stereocenters. The molecule has 1 aromatic heterocycles. The molecule has 3 rings (SSSR count). The minimum absolute atomic E-state index is 0.631. The normalized spacial score (nSPS) is 10.9. The number of methoxy groups -OCH3 is 1. The Balaban J connectivity index is 2.15. The smallest absolute Gasteiger partial charge is 0.207 e. The zero-order chi connectivity index (χ0) is 15.0. The first-order chi connectivity index (χ1) is 10.1. The lowest BCUT2D eigenvalue weighted by molar-refractivity contribution is 0.415. The number of nitrogens with zero attached hydrogens (tertiary/aromatic N) is 1. The first-order valence-electron chi connectivity index (χ1n) is 6.35. The van der Waals surface area contributed by atoms with Crippen LogP contribution in [-0.2, 0) is 0 Å². The maximum absolute atomic E-state index is 6.18. The summed E-state index contributed by atoms with van der Waals surface area (Å²) in [6.07, 6.45) is 1.65. The summed E-state index contributed by atoms with van der Waals surface area (Å²) in [7, 11) is 3.52. The fraction of sp³-hybridized carbons (Fsp3) is 0.125. The molecule has 2 aromatic carbocycles. The van der Waals surface area contributed by atoms with Gasteiger partial charge >= 0.3 is 0 Å². The molecule has 108 valence electrons. The molecule has 0 amide bonds. The number of hydrogen-bond acceptors (Lipinski definition) is 3. The highest BCUT2D eigenvalue weighted by Crippen LogP contribution is 2.40. The van der Waals surface area contributed by atoms with E-state index in [1.54, 1.807) is 19.4 Å². The molecule has 0 saturated heterocycles. The van der Waals surface area contributed by atoms with Crippen molar-refractivity contribution >= 4 is 45.5 Å². The van der Waals surface area contributed by atoms with E-state index in [2.05, 4.69) is 0 Å². The minimum atomic E-state index is 0.631. The van der Waals surface area contributed by atoms with Gasteiger partial charge in [-0.2, -0.15) is 0 Å². The third-order valence-electron chi connectivity index (χ3n) is 3.38. The predicted octanol–water partition coefficient (Wildman–Crippen LogP) is 5.52. The molecule has 0 spiro atoms. The highest BCUT2D eigenvalue weighted by atomic mass is 35.5. The van der Waals surface area contributed by atoms with Crippen molar-refractivity contribution in [1.82, 2.24) is 0 Å². The zero-order valence-corrected chi connectivity index (χ0v) is 13.1. The van der Waals surface area contributed by atoms with Gasteiger partial charge in [-0.05, 0) is 30.3 Å². The molecule has 0 aliphatic heterocycles. The summed E-state index contributed by atoms with van der Waals surface area (Å²) in [5.41, 5.74) is 0.821. The summed E-state index contributed by atoms with van der Waals surface area (Å²) in [5, 5.41) is 3.11. The van der Waals surface area contributed by atoms with E-state index in [1.807, 2.05) is 42.3 Å². The third-order valence-corrected chi connectivity index (χ3v) is 3.94. The highest BCUT2D eigenvalue weighted by molar-refractivity contribution is 6.35. The van der Waals surface area contributed by atoms with Crippen molar-refractivity contribution in [2.75, 3.05) is 19.1 Å². The predicted molar refractivity (Wildman–Crippen MR) is 87.3 cm³/mol. The quantitative estimate of drug-likeness (QED) is 0.635. The van der Waals surface area contributed by atoms with Gasteiger partial charge in [0.1, 0.15) is 12.0 Å². The molecule has 0 fully saturated rings. The van der Waals surface area contributed by atoms with Gasteiger partial charge in [0.2, 0.25) is 5.88 Å².